The zero-order valence-corrected chi connectivity index (χ0v) is 13.9. The van der Waals surface area contributed by atoms with E-state index in [1.807, 2.05) is 11.3 Å². The van der Waals surface area contributed by atoms with E-state index in [1.54, 1.807) is 10.4 Å². The number of hydrogen-bond donors (Lipinski definition) is 1. The highest BCUT2D eigenvalue weighted by atomic mass is 32.1. The fourth-order valence-corrected chi connectivity index (χ4v) is 4.90. The lowest BCUT2D eigenvalue weighted by Crippen LogP contribution is -2.59. The molecule has 0 amide bonds. The van der Waals surface area contributed by atoms with E-state index in [1.165, 1.54) is 32.2 Å². The summed E-state index contributed by atoms with van der Waals surface area (Å²) in [7, 11) is 0. The van der Waals surface area contributed by atoms with Crippen molar-refractivity contribution in [3.05, 3.63) is 21.9 Å². The van der Waals surface area contributed by atoms with E-state index in [9.17, 15) is 0 Å². The number of thiophene rings is 1. The van der Waals surface area contributed by atoms with E-state index >= 15 is 0 Å². The van der Waals surface area contributed by atoms with Crippen molar-refractivity contribution in [1.82, 2.24) is 10.2 Å². The summed E-state index contributed by atoms with van der Waals surface area (Å²) in [6.07, 6.45) is 5.26. The fourth-order valence-electron chi connectivity index (χ4n) is 3.92. The van der Waals surface area contributed by atoms with Gasteiger partial charge in [0.15, 0.2) is 0 Å². The molecule has 1 fully saturated rings. The van der Waals surface area contributed by atoms with Crippen LogP contribution in [0.4, 0.5) is 0 Å². The van der Waals surface area contributed by atoms with Gasteiger partial charge < -0.3 is 5.32 Å². The summed E-state index contributed by atoms with van der Waals surface area (Å²) < 4.78 is 0. The standard InChI is InChI=1S/C17H28N2S/c1-4-13-11-19(16(10-18-13)12(2)3)15-6-5-7-17-14(15)8-9-20-17/h8-9,12-13,15-16,18H,4-7,10-11H2,1-3H3. The Bertz CT molecular complexity index is 440. The Morgan fingerprint density at radius 2 is 2.30 bits per heavy atom. The van der Waals surface area contributed by atoms with Gasteiger partial charge in [-0.25, -0.2) is 0 Å². The van der Waals surface area contributed by atoms with Crippen molar-refractivity contribution in [1.29, 1.82) is 0 Å². The third-order valence-corrected chi connectivity index (χ3v) is 6.15. The predicted octanol–water partition coefficient (Wildman–Crippen LogP) is 3.83. The average molecular weight is 292 g/mol. The first-order chi connectivity index (χ1) is 9.70. The first kappa shape index (κ1) is 14.6. The summed E-state index contributed by atoms with van der Waals surface area (Å²) in [6, 6.07) is 4.43. The van der Waals surface area contributed by atoms with Crippen LogP contribution in [0.15, 0.2) is 11.4 Å². The summed E-state index contributed by atoms with van der Waals surface area (Å²) in [5, 5.41) is 6.05. The summed E-state index contributed by atoms with van der Waals surface area (Å²) in [4.78, 5) is 4.48. The number of nitrogens with zero attached hydrogens (tertiary/aromatic N) is 1. The molecule has 20 heavy (non-hydrogen) atoms. The first-order valence-electron chi connectivity index (χ1n) is 8.26. The van der Waals surface area contributed by atoms with E-state index in [0.717, 1.165) is 12.5 Å². The van der Waals surface area contributed by atoms with Gasteiger partial charge in [0.05, 0.1) is 0 Å². The number of aryl methyl sites for hydroxylation is 1. The Morgan fingerprint density at radius 1 is 1.45 bits per heavy atom. The van der Waals surface area contributed by atoms with Crippen LogP contribution in [-0.2, 0) is 6.42 Å². The van der Waals surface area contributed by atoms with Gasteiger partial charge in [-0.1, -0.05) is 20.8 Å². The Balaban J connectivity index is 1.86. The SMILES string of the molecule is CCC1CN(C2CCCc3sccc32)C(C(C)C)CN1. The topological polar surface area (TPSA) is 15.3 Å². The van der Waals surface area contributed by atoms with Gasteiger partial charge in [0.25, 0.3) is 0 Å². The molecule has 1 aliphatic heterocycles. The Labute approximate surface area is 127 Å². The van der Waals surface area contributed by atoms with Gasteiger partial charge in [-0.05, 0) is 48.6 Å². The smallest absolute Gasteiger partial charge is 0.0363 e. The van der Waals surface area contributed by atoms with Gasteiger partial charge in [-0.2, -0.15) is 0 Å². The van der Waals surface area contributed by atoms with E-state index in [4.69, 9.17) is 0 Å². The second kappa shape index (κ2) is 6.17. The van der Waals surface area contributed by atoms with Crippen molar-refractivity contribution in [2.45, 2.75) is 64.6 Å². The largest absolute Gasteiger partial charge is 0.311 e. The third kappa shape index (κ3) is 2.68. The van der Waals surface area contributed by atoms with Crippen molar-refractivity contribution < 1.29 is 0 Å². The second-order valence-corrected chi connectivity index (χ2v) is 7.73. The van der Waals surface area contributed by atoms with Crippen LogP contribution in [0.2, 0.25) is 0 Å². The molecule has 2 heterocycles. The predicted molar refractivity (Wildman–Crippen MR) is 87.4 cm³/mol. The number of piperazine rings is 1. The van der Waals surface area contributed by atoms with Crippen LogP contribution in [0.25, 0.3) is 0 Å². The van der Waals surface area contributed by atoms with Gasteiger partial charge in [0.2, 0.25) is 0 Å². The highest BCUT2D eigenvalue weighted by Gasteiger charge is 2.36. The molecule has 2 nitrogen and oxygen atoms in total. The molecule has 0 spiro atoms. The van der Waals surface area contributed by atoms with Crippen molar-refractivity contribution >= 4 is 11.3 Å². The summed E-state index contributed by atoms with van der Waals surface area (Å²) in [5.41, 5.74) is 1.64. The van der Waals surface area contributed by atoms with Crippen LogP contribution in [0.3, 0.4) is 0 Å². The lowest BCUT2D eigenvalue weighted by atomic mass is 9.88. The molecule has 112 valence electrons. The number of fused-ring (bicyclic) bond motifs is 1. The molecule has 1 aromatic heterocycles. The van der Waals surface area contributed by atoms with E-state index in [2.05, 4.69) is 42.4 Å². The van der Waals surface area contributed by atoms with Crippen LogP contribution in [0.5, 0.6) is 0 Å². The minimum atomic E-state index is 0.675. The molecule has 0 bridgehead atoms. The van der Waals surface area contributed by atoms with Gasteiger partial charge in [-0.15, -0.1) is 11.3 Å². The molecule has 3 heteroatoms. The molecule has 1 aliphatic carbocycles. The van der Waals surface area contributed by atoms with E-state index in [0.29, 0.717) is 18.1 Å². The lowest BCUT2D eigenvalue weighted by molar-refractivity contribution is 0.0468. The molecule has 1 N–H and O–H groups in total. The molecular formula is C17H28N2S. The average Bonchev–Trinajstić information content (AvgIpc) is 2.94. The van der Waals surface area contributed by atoms with Gasteiger partial charge >= 0.3 is 0 Å². The molecule has 1 saturated heterocycles. The summed E-state index contributed by atoms with van der Waals surface area (Å²) >= 11 is 1.97. The molecular weight excluding hydrogens is 264 g/mol. The first-order valence-corrected chi connectivity index (χ1v) is 9.14. The molecule has 0 radical (unpaired) electrons. The lowest BCUT2D eigenvalue weighted by Gasteiger charge is -2.47. The van der Waals surface area contributed by atoms with Crippen molar-refractivity contribution in [3.8, 4) is 0 Å². The Hall–Kier alpha value is -0.380. The fraction of sp³-hybridized carbons (Fsp3) is 0.765. The Kier molecular flexibility index (Phi) is 4.49. The highest BCUT2D eigenvalue weighted by Crippen LogP contribution is 2.39. The zero-order valence-electron chi connectivity index (χ0n) is 13.1. The molecule has 3 atom stereocenters. The quantitative estimate of drug-likeness (QED) is 0.911. The van der Waals surface area contributed by atoms with Crippen LogP contribution < -0.4 is 5.32 Å². The molecule has 0 saturated carbocycles. The van der Waals surface area contributed by atoms with Crippen LogP contribution in [0, 0.1) is 5.92 Å². The van der Waals surface area contributed by atoms with Crippen molar-refractivity contribution in [2.75, 3.05) is 13.1 Å². The minimum absolute atomic E-state index is 0.675. The van der Waals surface area contributed by atoms with E-state index < -0.39 is 0 Å². The maximum absolute atomic E-state index is 3.75. The highest BCUT2D eigenvalue weighted by molar-refractivity contribution is 7.10. The van der Waals surface area contributed by atoms with Crippen LogP contribution in [-0.4, -0.2) is 30.1 Å². The monoisotopic (exact) mass is 292 g/mol. The molecule has 1 aromatic rings. The third-order valence-electron chi connectivity index (χ3n) is 5.16. The molecule has 0 aromatic carbocycles. The Morgan fingerprint density at radius 3 is 3.05 bits per heavy atom. The minimum Gasteiger partial charge on any atom is -0.311 e. The van der Waals surface area contributed by atoms with Gasteiger partial charge in [0, 0.05) is 36.1 Å². The summed E-state index contributed by atoms with van der Waals surface area (Å²) in [5.74, 6) is 0.726. The second-order valence-electron chi connectivity index (χ2n) is 6.73. The maximum Gasteiger partial charge on any atom is 0.0363 e. The molecule has 2 aliphatic rings. The maximum atomic E-state index is 3.75. The zero-order chi connectivity index (χ0) is 14.1. The number of nitrogens with one attached hydrogen (secondary N) is 1. The normalized spacial score (nSPS) is 31.5. The van der Waals surface area contributed by atoms with Crippen molar-refractivity contribution in [3.63, 3.8) is 0 Å². The van der Waals surface area contributed by atoms with Gasteiger partial charge in [0.1, 0.15) is 0 Å². The van der Waals surface area contributed by atoms with Gasteiger partial charge in [-0.3, -0.25) is 4.90 Å². The number of hydrogen-bond acceptors (Lipinski definition) is 3. The van der Waals surface area contributed by atoms with Crippen molar-refractivity contribution in [2.24, 2.45) is 5.92 Å². The van der Waals surface area contributed by atoms with E-state index in [-0.39, 0.29) is 0 Å². The summed E-state index contributed by atoms with van der Waals surface area (Å²) in [6.45, 7) is 9.44. The van der Waals surface area contributed by atoms with Crippen LogP contribution in [0.1, 0.15) is 56.5 Å². The molecule has 3 unspecified atom stereocenters. The van der Waals surface area contributed by atoms with Crippen LogP contribution >= 0.6 is 11.3 Å². The number of rotatable bonds is 3. The molecule has 3 rings (SSSR count).